The first kappa shape index (κ1) is 13.8. The third kappa shape index (κ3) is 3.34. The molecule has 1 rings (SSSR count). The van der Waals surface area contributed by atoms with E-state index in [0.29, 0.717) is 0 Å². The summed E-state index contributed by atoms with van der Waals surface area (Å²) in [5.41, 5.74) is 5.30. The van der Waals surface area contributed by atoms with Gasteiger partial charge in [0.1, 0.15) is 17.4 Å². The van der Waals surface area contributed by atoms with Gasteiger partial charge in [0.05, 0.1) is 5.56 Å². The van der Waals surface area contributed by atoms with Gasteiger partial charge >= 0.3 is 0 Å². The minimum Gasteiger partial charge on any atom is -0.507 e. The van der Waals surface area contributed by atoms with E-state index in [1.807, 2.05) is 0 Å². The number of nitrogens with two attached hydrogens (primary N) is 1. The lowest BCUT2D eigenvalue weighted by Gasteiger charge is -2.11. The van der Waals surface area contributed by atoms with Crippen LogP contribution in [-0.4, -0.2) is 28.6 Å². The number of halogens is 1. The molecule has 1 amide bonds. The molecular weight excluding hydrogens is 241 g/mol. The number of carbonyl (C=O) groups is 1. The Bertz CT molecular complexity index is 477. The van der Waals surface area contributed by atoms with Gasteiger partial charge in [0.2, 0.25) is 0 Å². The van der Waals surface area contributed by atoms with Gasteiger partial charge in [-0.25, -0.2) is 4.39 Å². The summed E-state index contributed by atoms with van der Waals surface area (Å²) in [5.74, 6) is -2.01. The van der Waals surface area contributed by atoms with Crippen molar-refractivity contribution in [3.8, 4) is 5.75 Å². The van der Waals surface area contributed by atoms with Crippen LogP contribution < -0.4 is 11.1 Å². The predicted molar refractivity (Wildman–Crippen MR) is 63.0 cm³/mol. The maximum Gasteiger partial charge on any atom is 0.255 e. The molecule has 0 bridgehead atoms. The number of phenols is 1. The zero-order valence-electron chi connectivity index (χ0n) is 9.72. The highest BCUT2D eigenvalue weighted by Crippen LogP contribution is 2.17. The number of carbonyl (C=O) groups excluding carboxylic acids is 1. The van der Waals surface area contributed by atoms with E-state index in [1.165, 1.54) is 6.07 Å². The Morgan fingerprint density at radius 1 is 1.61 bits per heavy atom. The Morgan fingerprint density at radius 3 is 2.83 bits per heavy atom. The van der Waals surface area contributed by atoms with E-state index < -0.39 is 17.5 Å². The first-order chi connectivity index (χ1) is 8.45. The SMILES string of the molecule is CC(CNC(=O)c1ccc(F)cc1O)/C(N)=N/O. The fourth-order valence-electron chi connectivity index (χ4n) is 1.24. The molecule has 0 spiro atoms. The van der Waals surface area contributed by atoms with Crippen LogP contribution in [0.15, 0.2) is 23.4 Å². The van der Waals surface area contributed by atoms with Crippen LogP contribution >= 0.6 is 0 Å². The van der Waals surface area contributed by atoms with E-state index in [0.717, 1.165) is 12.1 Å². The molecule has 1 unspecified atom stereocenters. The average Bonchev–Trinajstić information content (AvgIpc) is 2.34. The van der Waals surface area contributed by atoms with Gasteiger partial charge in [-0.3, -0.25) is 4.79 Å². The predicted octanol–water partition coefficient (Wildman–Crippen LogP) is 0.644. The average molecular weight is 255 g/mol. The molecule has 0 saturated heterocycles. The fraction of sp³-hybridized carbons (Fsp3) is 0.273. The minimum atomic E-state index is -0.630. The molecule has 0 fully saturated rings. The van der Waals surface area contributed by atoms with Crippen molar-refractivity contribution < 1.29 is 19.5 Å². The van der Waals surface area contributed by atoms with E-state index in [4.69, 9.17) is 10.9 Å². The van der Waals surface area contributed by atoms with Crippen molar-refractivity contribution in [1.82, 2.24) is 5.32 Å². The molecule has 0 heterocycles. The first-order valence-corrected chi connectivity index (χ1v) is 5.19. The maximum absolute atomic E-state index is 12.7. The zero-order chi connectivity index (χ0) is 13.7. The smallest absolute Gasteiger partial charge is 0.255 e. The number of hydrogen-bond donors (Lipinski definition) is 4. The van der Waals surface area contributed by atoms with Crippen LogP contribution in [0.25, 0.3) is 0 Å². The van der Waals surface area contributed by atoms with Crippen LogP contribution in [0.2, 0.25) is 0 Å². The quantitative estimate of drug-likeness (QED) is 0.274. The summed E-state index contributed by atoms with van der Waals surface area (Å²) in [6, 6.07) is 3.09. The summed E-state index contributed by atoms with van der Waals surface area (Å²) in [5, 5.41) is 23.1. The van der Waals surface area contributed by atoms with Crippen molar-refractivity contribution in [3.63, 3.8) is 0 Å². The van der Waals surface area contributed by atoms with Crippen molar-refractivity contribution in [2.45, 2.75) is 6.92 Å². The van der Waals surface area contributed by atoms with Gasteiger partial charge in [0.15, 0.2) is 0 Å². The van der Waals surface area contributed by atoms with E-state index in [2.05, 4.69) is 10.5 Å². The molecule has 1 aromatic carbocycles. The summed E-state index contributed by atoms with van der Waals surface area (Å²) in [7, 11) is 0. The lowest BCUT2D eigenvalue weighted by Crippen LogP contribution is -2.34. The number of benzene rings is 1. The Kier molecular flexibility index (Phi) is 4.47. The van der Waals surface area contributed by atoms with E-state index in [1.54, 1.807) is 6.92 Å². The number of amidine groups is 1. The molecule has 1 aromatic rings. The molecule has 0 saturated carbocycles. The number of nitrogens with zero attached hydrogens (tertiary/aromatic N) is 1. The molecule has 0 aromatic heterocycles. The van der Waals surface area contributed by atoms with E-state index >= 15 is 0 Å². The molecule has 0 aliphatic rings. The third-order valence-corrected chi connectivity index (χ3v) is 2.39. The summed E-state index contributed by atoms with van der Waals surface area (Å²) < 4.78 is 12.7. The van der Waals surface area contributed by atoms with Crippen molar-refractivity contribution in [2.75, 3.05) is 6.54 Å². The molecule has 18 heavy (non-hydrogen) atoms. The van der Waals surface area contributed by atoms with Gasteiger partial charge in [-0.1, -0.05) is 12.1 Å². The molecule has 0 radical (unpaired) electrons. The number of amides is 1. The highest BCUT2D eigenvalue weighted by atomic mass is 19.1. The molecule has 6 nitrogen and oxygen atoms in total. The van der Waals surface area contributed by atoms with Crippen LogP contribution in [0, 0.1) is 11.7 Å². The number of aromatic hydroxyl groups is 1. The topological polar surface area (TPSA) is 108 Å². The van der Waals surface area contributed by atoms with E-state index in [9.17, 15) is 14.3 Å². The molecule has 98 valence electrons. The Morgan fingerprint density at radius 2 is 2.28 bits per heavy atom. The Hall–Kier alpha value is -2.31. The molecule has 5 N–H and O–H groups in total. The van der Waals surface area contributed by atoms with Gasteiger partial charge in [0, 0.05) is 18.5 Å². The molecule has 0 aliphatic heterocycles. The van der Waals surface area contributed by atoms with E-state index in [-0.39, 0.29) is 23.9 Å². The number of rotatable bonds is 4. The summed E-state index contributed by atoms with van der Waals surface area (Å²) in [6.45, 7) is 1.78. The molecular formula is C11H14FN3O3. The number of oxime groups is 1. The normalized spacial score (nSPS) is 13.1. The van der Waals surface area contributed by atoms with Gasteiger partial charge in [-0.05, 0) is 12.1 Å². The lowest BCUT2D eigenvalue weighted by molar-refractivity contribution is 0.0948. The minimum absolute atomic E-state index is 0.0152. The van der Waals surface area contributed by atoms with Gasteiger partial charge in [-0.2, -0.15) is 0 Å². The van der Waals surface area contributed by atoms with Crippen LogP contribution in [-0.2, 0) is 0 Å². The second-order valence-corrected chi connectivity index (χ2v) is 3.80. The largest absolute Gasteiger partial charge is 0.507 e. The molecule has 7 heteroatoms. The van der Waals surface area contributed by atoms with Crippen molar-refractivity contribution in [2.24, 2.45) is 16.8 Å². The van der Waals surface area contributed by atoms with Crippen LogP contribution in [0.1, 0.15) is 17.3 Å². The van der Waals surface area contributed by atoms with Crippen LogP contribution in [0.5, 0.6) is 5.75 Å². The Balaban J connectivity index is 2.66. The zero-order valence-corrected chi connectivity index (χ0v) is 9.72. The number of nitrogens with one attached hydrogen (secondary N) is 1. The lowest BCUT2D eigenvalue weighted by atomic mass is 10.1. The number of phenolic OH excluding ortho intramolecular Hbond substituents is 1. The summed E-state index contributed by atoms with van der Waals surface area (Å²) in [4.78, 5) is 11.7. The van der Waals surface area contributed by atoms with Crippen LogP contribution in [0.3, 0.4) is 0 Å². The Labute approximate surface area is 103 Å². The second-order valence-electron chi connectivity index (χ2n) is 3.80. The monoisotopic (exact) mass is 255 g/mol. The molecule has 0 aliphatic carbocycles. The van der Waals surface area contributed by atoms with Gasteiger partial charge in [0.25, 0.3) is 5.91 Å². The maximum atomic E-state index is 12.7. The van der Waals surface area contributed by atoms with Gasteiger partial charge < -0.3 is 21.4 Å². The highest BCUT2D eigenvalue weighted by Gasteiger charge is 2.14. The van der Waals surface area contributed by atoms with Crippen molar-refractivity contribution in [3.05, 3.63) is 29.6 Å². The summed E-state index contributed by atoms with van der Waals surface area (Å²) >= 11 is 0. The van der Waals surface area contributed by atoms with Crippen LogP contribution in [0.4, 0.5) is 4.39 Å². The van der Waals surface area contributed by atoms with Gasteiger partial charge in [-0.15, -0.1) is 0 Å². The third-order valence-electron chi connectivity index (χ3n) is 2.39. The first-order valence-electron chi connectivity index (χ1n) is 5.19. The fourth-order valence-corrected chi connectivity index (χ4v) is 1.24. The van der Waals surface area contributed by atoms with Crippen molar-refractivity contribution in [1.29, 1.82) is 0 Å². The molecule has 1 atom stereocenters. The standard InChI is InChI=1S/C11H14FN3O3/c1-6(10(13)15-18)5-14-11(17)8-3-2-7(12)4-9(8)16/h2-4,6,16,18H,5H2,1H3,(H2,13,15)(H,14,17). The number of hydrogen-bond acceptors (Lipinski definition) is 4. The highest BCUT2D eigenvalue weighted by molar-refractivity contribution is 5.97. The summed E-state index contributed by atoms with van der Waals surface area (Å²) in [6.07, 6.45) is 0. The second kappa shape index (κ2) is 5.85. The van der Waals surface area contributed by atoms with Crippen molar-refractivity contribution >= 4 is 11.7 Å².